The van der Waals surface area contributed by atoms with Crippen molar-refractivity contribution in [2.24, 2.45) is 0 Å². The quantitative estimate of drug-likeness (QED) is 0.107. The summed E-state index contributed by atoms with van der Waals surface area (Å²) in [6, 6.07) is 49.8. The summed E-state index contributed by atoms with van der Waals surface area (Å²) >= 11 is 1.61. The second-order valence-electron chi connectivity index (χ2n) is 12.4. The lowest BCUT2D eigenvalue weighted by Gasteiger charge is -2.30. The van der Waals surface area contributed by atoms with Crippen LogP contribution in [0.3, 0.4) is 0 Å². The average molecular weight is 681 g/mol. The molecule has 0 aliphatic carbocycles. The number of rotatable bonds is 14. The molecule has 252 valence electrons. The van der Waals surface area contributed by atoms with Gasteiger partial charge in [-0.3, -0.25) is 9.69 Å². The lowest BCUT2D eigenvalue weighted by molar-refractivity contribution is -0.148. The first-order valence-electron chi connectivity index (χ1n) is 17.0. The van der Waals surface area contributed by atoms with Crippen molar-refractivity contribution in [2.45, 2.75) is 50.0 Å². The molecule has 1 aromatic heterocycles. The highest BCUT2D eigenvalue weighted by Crippen LogP contribution is 2.43. The number of carbonyl (C=O) groups excluding carboxylic acids is 1. The molecule has 5 aromatic carbocycles. The smallest absolute Gasteiger partial charge is 0.317 e. The Kier molecular flexibility index (Phi) is 11.2. The van der Waals surface area contributed by atoms with Crippen LogP contribution in [0, 0.1) is 0 Å². The number of hydrogen-bond acceptors (Lipinski definition) is 7. The summed E-state index contributed by atoms with van der Waals surface area (Å²) in [5.74, 6) is -0.867. The second kappa shape index (κ2) is 16.7. The molecule has 4 atom stereocenters. The molecule has 1 saturated heterocycles. The molecule has 0 N–H and O–H groups in total. The van der Waals surface area contributed by atoms with Crippen LogP contribution in [0.25, 0.3) is 0 Å². The number of benzene rings is 5. The van der Waals surface area contributed by atoms with Gasteiger partial charge in [-0.15, -0.1) is 11.3 Å². The number of ether oxygens (including phenoxy) is 3. The van der Waals surface area contributed by atoms with Gasteiger partial charge < -0.3 is 14.2 Å². The maximum absolute atomic E-state index is 14.2. The number of aromatic nitrogens is 1. The Morgan fingerprint density at radius 1 is 0.640 bits per heavy atom. The highest BCUT2D eigenvalue weighted by molar-refractivity contribution is 7.09. The minimum atomic E-state index is -0.565. The zero-order valence-electron chi connectivity index (χ0n) is 27.7. The van der Waals surface area contributed by atoms with E-state index in [-0.39, 0.29) is 24.7 Å². The molecule has 7 heteroatoms. The van der Waals surface area contributed by atoms with Crippen LogP contribution in [0.15, 0.2) is 163 Å². The molecule has 0 radical (unpaired) electrons. The van der Waals surface area contributed by atoms with Gasteiger partial charge in [0.1, 0.15) is 29.7 Å². The van der Waals surface area contributed by atoms with Crippen molar-refractivity contribution in [3.63, 3.8) is 0 Å². The van der Waals surface area contributed by atoms with Crippen LogP contribution in [0.5, 0.6) is 0 Å². The van der Waals surface area contributed by atoms with Gasteiger partial charge in [0.15, 0.2) is 0 Å². The molecule has 1 aliphatic rings. The van der Waals surface area contributed by atoms with Gasteiger partial charge >= 0.3 is 5.97 Å². The van der Waals surface area contributed by atoms with Gasteiger partial charge in [0.05, 0.1) is 25.3 Å². The fourth-order valence-corrected chi connectivity index (χ4v) is 7.57. The minimum absolute atomic E-state index is 0.119. The SMILES string of the molecule is O=C(OC[C@H]1[C@@H](OCc2ccccc2)[C@@H](OCc2ccccc2)[C@H](c2nccs2)N1Cc1ccccc1)C(c1ccccc1)c1ccccc1. The van der Waals surface area contributed by atoms with Gasteiger partial charge in [0.2, 0.25) is 0 Å². The number of thiazole rings is 1. The first-order valence-corrected chi connectivity index (χ1v) is 17.9. The molecule has 0 amide bonds. The average Bonchev–Trinajstić information content (AvgIpc) is 3.80. The van der Waals surface area contributed by atoms with Crippen LogP contribution in [0.2, 0.25) is 0 Å². The van der Waals surface area contributed by atoms with Crippen LogP contribution in [0.4, 0.5) is 0 Å². The van der Waals surface area contributed by atoms with Crippen LogP contribution >= 0.6 is 11.3 Å². The van der Waals surface area contributed by atoms with E-state index in [2.05, 4.69) is 53.4 Å². The molecule has 1 aliphatic heterocycles. The molecule has 0 bridgehead atoms. The van der Waals surface area contributed by atoms with Crippen molar-refractivity contribution in [1.29, 1.82) is 0 Å². The number of hydrogen-bond donors (Lipinski definition) is 0. The summed E-state index contributed by atoms with van der Waals surface area (Å²) in [5, 5.41) is 2.94. The lowest BCUT2D eigenvalue weighted by Crippen LogP contribution is -2.42. The van der Waals surface area contributed by atoms with Gasteiger partial charge in [-0.2, -0.15) is 0 Å². The molecule has 50 heavy (non-hydrogen) atoms. The van der Waals surface area contributed by atoms with Gasteiger partial charge in [-0.1, -0.05) is 152 Å². The van der Waals surface area contributed by atoms with Crippen molar-refractivity contribution in [3.8, 4) is 0 Å². The second-order valence-corrected chi connectivity index (χ2v) is 13.4. The summed E-state index contributed by atoms with van der Waals surface area (Å²) < 4.78 is 20.1. The third-order valence-corrected chi connectivity index (χ3v) is 10.0. The molecule has 2 heterocycles. The normalized spacial score (nSPS) is 19.1. The van der Waals surface area contributed by atoms with E-state index < -0.39 is 18.1 Å². The minimum Gasteiger partial charge on any atom is -0.463 e. The number of nitrogens with zero attached hydrogens (tertiary/aromatic N) is 2. The Labute approximate surface area is 297 Å². The molecule has 1 fully saturated rings. The standard InChI is InChI=1S/C43H40N2O4S/c46-43(38(35-22-12-4-13-23-35)36-24-14-5-15-25-36)49-31-37-40(47-29-33-18-8-2-9-19-33)41(48-30-34-20-10-3-11-21-34)39(42-44-26-27-50-42)45(37)28-32-16-6-1-7-17-32/h1-27,37-41H,28-31H2/t37-,39+,40+,41-/m0/s1. The zero-order valence-corrected chi connectivity index (χ0v) is 28.6. The maximum atomic E-state index is 14.2. The fraction of sp³-hybridized carbons (Fsp3) is 0.209. The molecule has 0 unspecified atom stereocenters. The Balaban J connectivity index is 1.25. The Morgan fingerprint density at radius 3 is 1.62 bits per heavy atom. The fourth-order valence-electron chi connectivity index (χ4n) is 6.78. The summed E-state index contributed by atoms with van der Waals surface area (Å²) in [6.07, 6.45) is 1.01. The van der Waals surface area contributed by atoms with E-state index in [9.17, 15) is 4.79 Å². The van der Waals surface area contributed by atoms with Gasteiger partial charge in [0.25, 0.3) is 0 Å². The third-order valence-electron chi connectivity index (χ3n) is 9.18. The van der Waals surface area contributed by atoms with Crippen molar-refractivity contribution in [2.75, 3.05) is 6.61 Å². The number of esters is 1. The largest absolute Gasteiger partial charge is 0.463 e. The molecule has 6 nitrogen and oxygen atoms in total. The topological polar surface area (TPSA) is 60.9 Å². The predicted octanol–water partition coefficient (Wildman–Crippen LogP) is 8.61. The molecule has 7 rings (SSSR count). The Morgan fingerprint density at radius 2 is 1.12 bits per heavy atom. The highest BCUT2D eigenvalue weighted by Gasteiger charge is 2.52. The van der Waals surface area contributed by atoms with Crippen molar-refractivity contribution < 1.29 is 19.0 Å². The van der Waals surface area contributed by atoms with E-state index in [1.54, 1.807) is 11.3 Å². The number of likely N-dealkylation sites (tertiary alicyclic amines) is 1. The summed E-state index contributed by atoms with van der Waals surface area (Å²) in [5.41, 5.74) is 5.05. The first kappa shape index (κ1) is 33.6. The van der Waals surface area contributed by atoms with E-state index in [0.29, 0.717) is 19.8 Å². The lowest BCUT2D eigenvalue weighted by atomic mass is 9.91. The predicted molar refractivity (Wildman–Crippen MR) is 196 cm³/mol. The summed E-state index contributed by atoms with van der Waals surface area (Å²) in [4.78, 5) is 21.4. The van der Waals surface area contributed by atoms with Crippen LogP contribution in [-0.2, 0) is 38.8 Å². The van der Waals surface area contributed by atoms with Crippen molar-refractivity contribution in [1.82, 2.24) is 9.88 Å². The molecule has 0 spiro atoms. The highest BCUT2D eigenvalue weighted by atomic mass is 32.1. The van der Waals surface area contributed by atoms with Gasteiger partial charge in [0, 0.05) is 18.1 Å². The van der Waals surface area contributed by atoms with Gasteiger partial charge in [-0.05, 0) is 27.8 Å². The van der Waals surface area contributed by atoms with E-state index in [0.717, 1.165) is 32.8 Å². The van der Waals surface area contributed by atoms with Crippen molar-refractivity contribution >= 4 is 17.3 Å². The zero-order chi connectivity index (χ0) is 34.0. The maximum Gasteiger partial charge on any atom is 0.317 e. The summed E-state index contributed by atoms with van der Waals surface area (Å²) in [6.45, 7) is 1.52. The summed E-state index contributed by atoms with van der Waals surface area (Å²) in [7, 11) is 0. The van der Waals surface area contributed by atoms with E-state index in [4.69, 9.17) is 19.2 Å². The Bertz CT molecular complexity index is 1840. The van der Waals surface area contributed by atoms with Crippen LogP contribution in [0.1, 0.15) is 44.8 Å². The van der Waals surface area contributed by atoms with Crippen molar-refractivity contribution in [3.05, 3.63) is 196 Å². The van der Waals surface area contributed by atoms with E-state index in [1.807, 2.05) is 115 Å². The monoisotopic (exact) mass is 680 g/mol. The molecular formula is C43H40N2O4S. The van der Waals surface area contributed by atoms with Crippen LogP contribution in [-0.4, -0.2) is 40.7 Å². The first-order chi connectivity index (χ1) is 24.7. The van der Waals surface area contributed by atoms with E-state index in [1.165, 1.54) is 0 Å². The Hall–Kier alpha value is -4.92. The molecule has 0 saturated carbocycles. The third kappa shape index (κ3) is 8.09. The molecular weight excluding hydrogens is 641 g/mol. The van der Waals surface area contributed by atoms with Gasteiger partial charge in [-0.25, -0.2) is 4.98 Å². The van der Waals surface area contributed by atoms with Crippen LogP contribution < -0.4 is 0 Å². The number of carbonyl (C=O) groups is 1. The molecule has 6 aromatic rings. The van der Waals surface area contributed by atoms with E-state index >= 15 is 0 Å².